The van der Waals surface area contributed by atoms with Crippen molar-refractivity contribution in [2.45, 2.75) is 26.2 Å². The van der Waals surface area contributed by atoms with Gasteiger partial charge in [-0.05, 0) is 35.7 Å². The largest absolute Gasteiger partial charge is 0.492 e. The average molecular weight is 453 g/mol. The quantitative estimate of drug-likeness (QED) is 0.471. The second kappa shape index (κ2) is 7.56. The van der Waals surface area contributed by atoms with E-state index in [1.165, 1.54) is 22.8 Å². The lowest BCUT2D eigenvalue weighted by Gasteiger charge is -2.18. The topological polar surface area (TPSA) is 89.9 Å². The molecule has 0 saturated heterocycles. The molecule has 5 rings (SSSR count). The Morgan fingerprint density at radius 3 is 2.84 bits per heavy atom. The highest BCUT2D eigenvalue weighted by atomic mass is 35.5. The number of ether oxygens (including phenoxy) is 1. The molecule has 0 fully saturated rings. The van der Waals surface area contributed by atoms with Crippen LogP contribution in [0.2, 0.25) is 5.02 Å². The number of rotatable bonds is 1. The van der Waals surface area contributed by atoms with Gasteiger partial charge in [0.15, 0.2) is 5.65 Å². The number of halogens is 2. The van der Waals surface area contributed by atoms with Gasteiger partial charge in [-0.25, -0.2) is 18.7 Å². The van der Waals surface area contributed by atoms with E-state index in [-0.39, 0.29) is 45.6 Å². The predicted molar refractivity (Wildman–Crippen MR) is 119 cm³/mol. The molecule has 1 N–H and O–H groups in total. The van der Waals surface area contributed by atoms with Crippen molar-refractivity contribution in [1.29, 1.82) is 0 Å². The van der Waals surface area contributed by atoms with Gasteiger partial charge in [0.2, 0.25) is 0 Å². The molecule has 1 aliphatic rings. The molecule has 1 aliphatic heterocycles. The Balaban J connectivity index is 2.01. The Morgan fingerprint density at radius 1 is 1.25 bits per heavy atom. The molecule has 7 nitrogen and oxygen atoms in total. The van der Waals surface area contributed by atoms with Crippen molar-refractivity contribution in [3.8, 4) is 22.7 Å². The van der Waals surface area contributed by atoms with E-state index in [4.69, 9.17) is 16.3 Å². The summed E-state index contributed by atoms with van der Waals surface area (Å²) in [7, 11) is 0. The van der Waals surface area contributed by atoms with E-state index in [1.807, 2.05) is 13.8 Å². The summed E-state index contributed by atoms with van der Waals surface area (Å²) in [5, 5.41) is 0.179. The first-order chi connectivity index (χ1) is 15.4. The number of hydrogen-bond donors (Lipinski definition) is 1. The molecule has 0 amide bonds. The van der Waals surface area contributed by atoms with E-state index in [0.29, 0.717) is 17.8 Å². The van der Waals surface area contributed by atoms with Crippen molar-refractivity contribution in [2.24, 2.45) is 0 Å². The van der Waals surface area contributed by atoms with Gasteiger partial charge in [0.1, 0.15) is 11.6 Å². The number of aromatic amines is 1. The van der Waals surface area contributed by atoms with Gasteiger partial charge >= 0.3 is 5.69 Å². The van der Waals surface area contributed by atoms with Gasteiger partial charge in [0.05, 0.1) is 39.7 Å². The first-order valence-electron chi connectivity index (χ1n) is 10.1. The highest BCUT2D eigenvalue weighted by molar-refractivity contribution is 6.33. The fourth-order valence-electron chi connectivity index (χ4n) is 4.04. The third-order valence-electron chi connectivity index (χ3n) is 5.48. The number of fused-ring (bicyclic) bond motifs is 5. The molecular formula is C23H18ClFN4O3. The Morgan fingerprint density at radius 2 is 2.06 bits per heavy atom. The van der Waals surface area contributed by atoms with Crippen LogP contribution in [0.1, 0.15) is 31.0 Å². The van der Waals surface area contributed by atoms with Crippen molar-refractivity contribution >= 4 is 22.6 Å². The lowest BCUT2D eigenvalue weighted by Crippen LogP contribution is -2.31. The number of nitrogens with one attached hydrogen (secondary N) is 1. The summed E-state index contributed by atoms with van der Waals surface area (Å²) in [6.45, 7) is 4.15. The summed E-state index contributed by atoms with van der Waals surface area (Å²) in [4.78, 5) is 37.1. The summed E-state index contributed by atoms with van der Waals surface area (Å²) < 4.78 is 22.2. The maximum atomic E-state index is 14.9. The number of aromatic nitrogens is 4. The molecule has 1 aromatic carbocycles. The van der Waals surface area contributed by atoms with Gasteiger partial charge in [-0.2, -0.15) is 0 Å². The summed E-state index contributed by atoms with van der Waals surface area (Å²) in [6, 6.07) is 7.65. The standard InChI is InChI=1S/C23H18ClFN4O3/c1-11(2)18-20-12(6-8-26-18)7-9-32-16-5-3-4-15(25)17(16)19-14(24)10-13-21(27-19)29(20)23(31)28-22(13)30/h3-6,8,10-11H,7,9H2,1-2H3,(H,28,30,31). The van der Waals surface area contributed by atoms with Crippen LogP contribution >= 0.6 is 11.6 Å². The van der Waals surface area contributed by atoms with Crippen molar-refractivity contribution < 1.29 is 9.13 Å². The van der Waals surface area contributed by atoms with Crippen LogP contribution in [-0.2, 0) is 6.42 Å². The molecule has 0 unspecified atom stereocenters. The molecule has 0 spiro atoms. The maximum absolute atomic E-state index is 14.9. The van der Waals surface area contributed by atoms with Gasteiger partial charge in [-0.15, -0.1) is 0 Å². The van der Waals surface area contributed by atoms with Crippen LogP contribution in [0, 0.1) is 5.82 Å². The Labute approximate surface area is 186 Å². The first kappa shape index (κ1) is 20.4. The lowest BCUT2D eigenvalue weighted by atomic mass is 10.0. The van der Waals surface area contributed by atoms with Crippen molar-refractivity contribution in [2.75, 3.05) is 6.61 Å². The minimum absolute atomic E-state index is 0.0220. The third kappa shape index (κ3) is 3.10. The van der Waals surface area contributed by atoms with Crippen molar-refractivity contribution in [3.05, 3.63) is 79.5 Å². The molecule has 32 heavy (non-hydrogen) atoms. The normalized spacial score (nSPS) is 12.9. The zero-order valence-electron chi connectivity index (χ0n) is 17.3. The molecule has 0 radical (unpaired) electrons. The number of nitrogens with zero attached hydrogens (tertiary/aromatic N) is 3. The average Bonchev–Trinajstić information content (AvgIpc) is 2.77. The van der Waals surface area contributed by atoms with Crippen molar-refractivity contribution in [1.82, 2.24) is 19.5 Å². The summed E-state index contributed by atoms with van der Waals surface area (Å²) in [5.41, 5.74) is 0.940. The zero-order valence-corrected chi connectivity index (χ0v) is 18.0. The molecule has 2 bridgehead atoms. The monoisotopic (exact) mass is 452 g/mol. The van der Waals surface area contributed by atoms with Crippen LogP contribution in [0.4, 0.5) is 4.39 Å². The van der Waals surface area contributed by atoms with Gasteiger partial charge in [0, 0.05) is 12.6 Å². The molecule has 0 atom stereocenters. The van der Waals surface area contributed by atoms with Gasteiger partial charge < -0.3 is 4.74 Å². The highest BCUT2D eigenvalue weighted by Crippen LogP contribution is 2.38. The third-order valence-corrected chi connectivity index (χ3v) is 5.77. The summed E-state index contributed by atoms with van der Waals surface area (Å²) >= 11 is 6.45. The van der Waals surface area contributed by atoms with Gasteiger partial charge in [0.25, 0.3) is 5.56 Å². The number of benzene rings is 1. The molecule has 4 aromatic rings. The van der Waals surface area contributed by atoms with Crippen LogP contribution in [0.5, 0.6) is 5.75 Å². The summed E-state index contributed by atoms with van der Waals surface area (Å²) in [5.74, 6) is -0.318. The Hall–Kier alpha value is -3.52. The zero-order chi connectivity index (χ0) is 22.6. The molecule has 3 aromatic heterocycles. The maximum Gasteiger partial charge on any atom is 0.334 e. The van der Waals surface area contributed by atoms with Gasteiger partial charge in [-0.3, -0.25) is 14.8 Å². The van der Waals surface area contributed by atoms with E-state index in [2.05, 4.69) is 15.0 Å². The van der Waals surface area contributed by atoms with Crippen LogP contribution in [0.25, 0.3) is 28.0 Å². The van der Waals surface area contributed by atoms with Crippen LogP contribution in [0.15, 0.2) is 46.1 Å². The predicted octanol–water partition coefficient (Wildman–Crippen LogP) is 3.99. The fourth-order valence-corrected chi connectivity index (χ4v) is 4.28. The van der Waals surface area contributed by atoms with Crippen LogP contribution in [0.3, 0.4) is 0 Å². The molecule has 9 heteroatoms. The van der Waals surface area contributed by atoms with E-state index < -0.39 is 17.1 Å². The second-order valence-corrected chi connectivity index (χ2v) is 8.26. The molecule has 4 heterocycles. The Bertz CT molecular complexity index is 1510. The highest BCUT2D eigenvalue weighted by Gasteiger charge is 2.24. The lowest BCUT2D eigenvalue weighted by molar-refractivity contribution is 0.321. The van der Waals surface area contributed by atoms with Crippen molar-refractivity contribution in [3.63, 3.8) is 0 Å². The SMILES string of the molecule is CC(C)c1nccc2c1-n1c(=O)[nH]c(=O)c3cc(Cl)c(nc31)-c1c(F)cccc1OCC2. The minimum atomic E-state index is -0.659. The van der Waals surface area contributed by atoms with E-state index >= 15 is 0 Å². The smallest absolute Gasteiger partial charge is 0.334 e. The van der Waals surface area contributed by atoms with Crippen LogP contribution in [-0.4, -0.2) is 26.1 Å². The fraction of sp³-hybridized carbons (Fsp3) is 0.217. The van der Waals surface area contributed by atoms with E-state index in [0.717, 1.165) is 5.56 Å². The van der Waals surface area contributed by atoms with Crippen LogP contribution < -0.4 is 16.0 Å². The molecular weight excluding hydrogens is 435 g/mol. The van der Waals surface area contributed by atoms with Gasteiger partial charge in [-0.1, -0.05) is 31.5 Å². The second-order valence-electron chi connectivity index (χ2n) is 7.85. The van der Waals surface area contributed by atoms with E-state index in [9.17, 15) is 14.0 Å². The molecule has 0 aliphatic carbocycles. The molecule has 162 valence electrons. The number of hydrogen-bond acceptors (Lipinski definition) is 5. The molecule has 0 saturated carbocycles. The Kier molecular flexibility index (Phi) is 4.82. The minimum Gasteiger partial charge on any atom is -0.492 e. The summed E-state index contributed by atoms with van der Waals surface area (Å²) in [6.07, 6.45) is 2.10. The number of H-pyrrole nitrogens is 1. The number of pyridine rings is 2. The van der Waals surface area contributed by atoms with E-state index in [1.54, 1.807) is 18.3 Å². The first-order valence-corrected chi connectivity index (χ1v) is 10.5.